The zero-order valence-electron chi connectivity index (χ0n) is 22.1. The predicted molar refractivity (Wildman–Crippen MR) is 135 cm³/mol. The molecule has 0 spiro atoms. The molecule has 1 saturated heterocycles. The summed E-state index contributed by atoms with van der Waals surface area (Å²) in [5.41, 5.74) is 0.888. The number of carboxylic acids is 1. The number of aliphatic carboxylic acids is 1. The fourth-order valence-electron chi connectivity index (χ4n) is 5.10. The molecule has 6 atom stereocenters. The average molecular weight is 490 g/mol. The first kappa shape index (κ1) is 29.0. The van der Waals surface area contributed by atoms with Crippen molar-refractivity contribution in [2.45, 2.75) is 78.0 Å². The number of nitrogens with zero attached hydrogens (tertiary/aromatic N) is 1. The summed E-state index contributed by atoms with van der Waals surface area (Å²) in [6.45, 7) is 8.76. The molecular weight excluding hydrogens is 446 g/mol. The van der Waals surface area contributed by atoms with Gasteiger partial charge in [0.15, 0.2) is 0 Å². The van der Waals surface area contributed by atoms with Gasteiger partial charge >= 0.3 is 5.97 Å². The number of hydrogen-bond donors (Lipinski definition) is 1. The first-order chi connectivity index (χ1) is 16.6. The molecule has 1 aliphatic heterocycles. The van der Waals surface area contributed by atoms with Crippen LogP contribution in [-0.4, -0.2) is 66.7 Å². The van der Waals surface area contributed by atoms with Crippen LogP contribution >= 0.6 is 0 Å². The summed E-state index contributed by atoms with van der Waals surface area (Å²) < 4.78 is 11.4. The van der Waals surface area contributed by atoms with Crippen molar-refractivity contribution in [3.8, 4) is 0 Å². The summed E-state index contributed by atoms with van der Waals surface area (Å²) in [7, 11) is 3.21. The lowest BCUT2D eigenvalue weighted by Crippen LogP contribution is -2.49. The van der Waals surface area contributed by atoms with Gasteiger partial charge in [-0.15, -0.1) is 0 Å². The number of carboxylic acid groups (broad SMARTS) is 1. The number of ether oxygens (including phenoxy) is 2. The van der Waals surface area contributed by atoms with Gasteiger partial charge in [-0.2, -0.15) is 0 Å². The number of likely N-dealkylation sites (tertiary alicyclic amines) is 1. The largest absolute Gasteiger partial charge is 0.481 e. The van der Waals surface area contributed by atoms with Crippen molar-refractivity contribution in [2.75, 3.05) is 20.8 Å². The topological polar surface area (TPSA) is 93.1 Å². The third-order valence-electron chi connectivity index (χ3n) is 7.71. The number of Topliss-reactive ketones (excluding diaryl/α,β-unsaturated/α-hetero) is 1. The van der Waals surface area contributed by atoms with Crippen molar-refractivity contribution in [3.05, 3.63) is 35.9 Å². The number of carbonyl (C=O) groups is 3. The van der Waals surface area contributed by atoms with Crippen molar-refractivity contribution in [1.29, 1.82) is 0 Å². The fourth-order valence-corrected chi connectivity index (χ4v) is 5.10. The number of hydrogen-bond acceptors (Lipinski definition) is 5. The van der Waals surface area contributed by atoms with Crippen LogP contribution in [0, 0.1) is 23.7 Å². The van der Waals surface area contributed by atoms with E-state index in [4.69, 9.17) is 9.47 Å². The molecule has 1 aromatic rings. The summed E-state index contributed by atoms with van der Waals surface area (Å²) in [6, 6.07) is 9.13. The van der Waals surface area contributed by atoms with E-state index < -0.39 is 23.9 Å². The van der Waals surface area contributed by atoms with Gasteiger partial charge in [-0.05, 0) is 36.7 Å². The Morgan fingerprint density at radius 1 is 1.03 bits per heavy atom. The molecule has 0 aromatic heterocycles. The van der Waals surface area contributed by atoms with Crippen LogP contribution in [-0.2, 0) is 30.3 Å². The summed E-state index contributed by atoms with van der Waals surface area (Å²) in [5, 5.41) is 9.73. The molecule has 7 nitrogen and oxygen atoms in total. The van der Waals surface area contributed by atoms with Gasteiger partial charge in [-0.25, -0.2) is 0 Å². The molecule has 2 rings (SSSR count). The van der Waals surface area contributed by atoms with E-state index in [1.807, 2.05) is 35.2 Å². The van der Waals surface area contributed by atoms with Crippen LogP contribution in [0.3, 0.4) is 0 Å². The van der Waals surface area contributed by atoms with Crippen LogP contribution in [0.2, 0.25) is 0 Å². The standard InChI is InChI=1S/C28H43NO6/c1-18(2)19(3)25(34-5)17-26(31)29-14-10-13-23(29)27(35-6)20(4)24(30)16-22(28(32)33)15-21-11-8-7-9-12-21/h7-9,11-12,18-20,22-23,25,27H,10,13-17H2,1-6H3,(H,32,33)/t19-,20-,22+,23-,25+,27+/m0/s1. The Bertz CT molecular complexity index is 826. The maximum absolute atomic E-state index is 13.3. The van der Waals surface area contributed by atoms with E-state index in [9.17, 15) is 19.5 Å². The van der Waals surface area contributed by atoms with E-state index in [0.717, 1.165) is 18.4 Å². The van der Waals surface area contributed by atoms with Gasteiger partial charge in [-0.3, -0.25) is 14.4 Å². The molecule has 0 unspecified atom stereocenters. The minimum Gasteiger partial charge on any atom is -0.481 e. The third kappa shape index (κ3) is 7.87. The van der Waals surface area contributed by atoms with Crippen LogP contribution in [0.1, 0.15) is 58.9 Å². The lowest BCUT2D eigenvalue weighted by Gasteiger charge is -2.35. The molecule has 1 heterocycles. The highest BCUT2D eigenvalue weighted by Crippen LogP contribution is 2.30. The Labute approximate surface area is 210 Å². The van der Waals surface area contributed by atoms with Crippen molar-refractivity contribution >= 4 is 17.7 Å². The monoisotopic (exact) mass is 489 g/mol. The second-order valence-corrected chi connectivity index (χ2v) is 10.3. The van der Waals surface area contributed by atoms with Gasteiger partial charge in [0, 0.05) is 33.1 Å². The third-order valence-corrected chi connectivity index (χ3v) is 7.71. The number of benzene rings is 1. The predicted octanol–water partition coefficient (Wildman–Crippen LogP) is 4.23. The van der Waals surface area contributed by atoms with E-state index in [0.29, 0.717) is 25.3 Å². The molecule has 0 aliphatic carbocycles. The second-order valence-electron chi connectivity index (χ2n) is 10.3. The van der Waals surface area contributed by atoms with Gasteiger partial charge in [0.2, 0.25) is 5.91 Å². The zero-order valence-corrected chi connectivity index (χ0v) is 22.1. The molecular formula is C28H43NO6. The maximum Gasteiger partial charge on any atom is 0.307 e. The summed E-state index contributed by atoms with van der Waals surface area (Å²) in [5.74, 6) is -1.81. The summed E-state index contributed by atoms with van der Waals surface area (Å²) in [4.78, 5) is 40.2. The number of methoxy groups -OCH3 is 2. The number of rotatable bonds is 14. The van der Waals surface area contributed by atoms with E-state index in [1.165, 1.54) is 0 Å². The van der Waals surface area contributed by atoms with Gasteiger partial charge < -0.3 is 19.5 Å². The van der Waals surface area contributed by atoms with Gasteiger partial charge in [0.05, 0.1) is 30.6 Å². The highest BCUT2D eigenvalue weighted by Gasteiger charge is 2.41. The van der Waals surface area contributed by atoms with Crippen molar-refractivity contribution in [2.24, 2.45) is 23.7 Å². The first-order valence-electron chi connectivity index (χ1n) is 12.7. The van der Waals surface area contributed by atoms with Crippen LogP contribution in [0.25, 0.3) is 0 Å². The van der Waals surface area contributed by atoms with Gasteiger partial charge in [0.1, 0.15) is 5.78 Å². The Balaban J connectivity index is 2.09. The summed E-state index contributed by atoms with van der Waals surface area (Å²) >= 11 is 0. The Hall–Kier alpha value is -2.25. The van der Waals surface area contributed by atoms with Gasteiger partial charge in [0.25, 0.3) is 0 Å². The number of amides is 1. The van der Waals surface area contributed by atoms with Crippen LogP contribution in [0.15, 0.2) is 30.3 Å². The zero-order chi connectivity index (χ0) is 26.1. The average Bonchev–Trinajstić information content (AvgIpc) is 3.32. The molecule has 196 valence electrons. The normalized spacial score (nSPS) is 20.3. The van der Waals surface area contributed by atoms with Crippen LogP contribution in [0.5, 0.6) is 0 Å². The molecule has 1 aromatic carbocycles. The molecule has 0 bridgehead atoms. The highest BCUT2D eigenvalue weighted by molar-refractivity contribution is 5.86. The molecule has 1 amide bonds. The minimum absolute atomic E-state index is 0.0149. The Morgan fingerprint density at radius 2 is 1.69 bits per heavy atom. The Kier molecular flexibility index (Phi) is 11.4. The van der Waals surface area contributed by atoms with E-state index in [2.05, 4.69) is 20.8 Å². The highest BCUT2D eigenvalue weighted by atomic mass is 16.5. The smallest absolute Gasteiger partial charge is 0.307 e. The van der Waals surface area contributed by atoms with Crippen molar-refractivity contribution in [1.82, 2.24) is 4.90 Å². The second kappa shape index (κ2) is 13.7. The molecule has 0 saturated carbocycles. The molecule has 7 heteroatoms. The summed E-state index contributed by atoms with van der Waals surface area (Å²) in [6.07, 6.45) is 1.48. The van der Waals surface area contributed by atoms with Crippen molar-refractivity contribution < 1.29 is 29.0 Å². The lowest BCUT2D eigenvalue weighted by molar-refractivity contribution is -0.146. The molecule has 0 radical (unpaired) electrons. The van der Waals surface area contributed by atoms with E-state index in [1.54, 1.807) is 21.1 Å². The quantitative estimate of drug-likeness (QED) is 0.420. The van der Waals surface area contributed by atoms with E-state index >= 15 is 0 Å². The molecule has 35 heavy (non-hydrogen) atoms. The molecule has 1 N–H and O–H groups in total. The number of carbonyl (C=O) groups excluding carboxylic acids is 2. The maximum atomic E-state index is 13.3. The van der Waals surface area contributed by atoms with Crippen molar-refractivity contribution in [3.63, 3.8) is 0 Å². The SMILES string of the molecule is CO[C@H]([C@@H](C)C(=O)C[C@@H](Cc1ccccc1)C(=O)O)[C@@H]1CCCN1C(=O)C[C@@H](OC)[C@@H](C)C(C)C. The Morgan fingerprint density at radius 3 is 2.23 bits per heavy atom. The lowest BCUT2D eigenvalue weighted by atomic mass is 9.85. The minimum atomic E-state index is -0.981. The van der Waals surface area contributed by atoms with Crippen LogP contribution in [0.4, 0.5) is 0 Å². The fraction of sp³-hybridized carbons (Fsp3) is 0.679. The van der Waals surface area contributed by atoms with E-state index in [-0.39, 0.29) is 36.2 Å². The number of ketones is 1. The molecule has 1 fully saturated rings. The molecule has 1 aliphatic rings. The first-order valence-corrected chi connectivity index (χ1v) is 12.7. The van der Waals surface area contributed by atoms with Crippen LogP contribution < -0.4 is 0 Å². The van der Waals surface area contributed by atoms with Gasteiger partial charge in [-0.1, -0.05) is 58.0 Å².